The van der Waals surface area contributed by atoms with Crippen molar-refractivity contribution in [3.8, 4) is 11.1 Å². The Kier molecular flexibility index (Phi) is 7.09. The molecular weight excluding hydrogens is 330 g/mol. The van der Waals surface area contributed by atoms with Crippen LogP contribution >= 0.6 is 0 Å². The highest BCUT2D eigenvalue weighted by atomic mass is 16.4. The predicted octanol–water partition coefficient (Wildman–Crippen LogP) is 3.47. The van der Waals surface area contributed by atoms with Crippen LogP contribution in [0.5, 0.6) is 0 Å². The van der Waals surface area contributed by atoms with E-state index in [1.807, 2.05) is 31.2 Å². The first-order valence-corrected chi connectivity index (χ1v) is 8.70. The maximum atomic E-state index is 12.1. The van der Waals surface area contributed by atoms with Crippen molar-refractivity contribution in [1.29, 1.82) is 0 Å². The Balaban J connectivity index is 1.95. The van der Waals surface area contributed by atoms with Crippen LogP contribution in [0.25, 0.3) is 11.1 Å². The van der Waals surface area contributed by atoms with Crippen LogP contribution in [0.15, 0.2) is 48.5 Å². The second-order valence-corrected chi connectivity index (χ2v) is 6.15. The van der Waals surface area contributed by atoms with E-state index in [9.17, 15) is 14.4 Å². The molecule has 0 aliphatic heterocycles. The van der Waals surface area contributed by atoms with E-state index in [1.54, 1.807) is 24.3 Å². The molecule has 5 nitrogen and oxygen atoms in total. The van der Waals surface area contributed by atoms with E-state index in [1.165, 1.54) is 0 Å². The fourth-order valence-corrected chi connectivity index (χ4v) is 2.54. The zero-order chi connectivity index (χ0) is 18.9. The van der Waals surface area contributed by atoms with Crippen molar-refractivity contribution < 1.29 is 19.5 Å². The predicted molar refractivity (Wildman–Crippen MR) is 100 cm³/mol. The maximum Gasteiger partial charge on any atom is 0.307 e. The molecule has 136 valence electrons. The molecule has 0 spiro atoms. The molecule has 2 aromatic rings. The number of ketones is 1. The number of carbonyl (C=O) groups is 3. The van der Waals surface area contributed by atoms with Crippen molar-refractivity contribution in [2.75, 3.05) is 6.54 Å². The summed E-state index contributed by atoms with van der Waals surface area (Å²) < 4.78 is 0. The fourth-order valence-electron chi connectivity index (χ4n) is 2.54. The van der Waals surface area contributed by atoms with E-state index in [2.05, 4.69) is 5.32 Å². The van der Waals surface area contributed by atoms with Gasteiger partial charge < -0.3 is 10.4 Å². The zero-order valence-corrected chi connectivity index (χ0v) is 14.8. The Morgan fingerprint density at radius 3 is 2.04 bits per heavy atom. The lowest BCUT2D eigenvalue weighted by Gasteiger charge is -2.07. The lowest BCUT2D eigenvalue weighted by atomic mass is 10.0. The van der Waals surface area contributed by atoms with Crippen LogP contribution in [0.4, 0.5) is 0 Å². The van der Waals surface area contributed by atoms with E-state index in [0.717, 1.165) is 29.5 Å². The molecule has 2 rings (SSSR count). The molecule has 2 N–H and O–H groups in total. The second-order valence-electron chi connectivity index (χ2n) is 6.15. The zero-order valence-electron chi connectivity index (χ0n) is 14.8. The molecule has 0 radical (unpaired) electrons. The Morgan fingerprint density at radius 1 is 0.923 bits per heavy atom. The summed E-state index contributed by atoms with van der Waals surface area (Å²) in [5.41, 5.74) is 3.18. The summed E-state index contributed by atoms with van der Waals surface area (Å²) in [6.45, 7) is 2.02. The van der Waals surface area contributed by atoms with Crippen LogP contribution in [-0.4, -0.2) is 29.3 Å². The van der Waals surface area contributed by atoms with Gasteiger partial charge in [0.05, 0.1) is 13.0 Å². The number of amides is 1. The quantitative estimate of drug-likeness (QED) is 0.676. The highest BCUT2D eigenvalue weighted by Gasteiger charge is 2.09. The minimum Gasteiger partial charge on any atom is -0.481 e. The highest BCUT2D eigenvalue weighted by molar-refractivity contribution is 5.99. The Bertz CT molecular complexity index is 764. The van der Waals surface area contributed by atoms with Gasteiger partial charge in [0.25, 0.3) is 0 Å². The summed E-state index contributed by atoms with van der Waals surface area (Å²) in [5.74, 6) is -1.08. The molecule has 2 aromatic carbocycles. The smallest absolute Gasteiger partial charge is 0.307 e. The minimum atomic E-state index is -0.859. The van der Waals surface area contributed by atoms with Gasteiger partial charge in [-0.1, -0.05) is 61.9 Å². The fraction of sp³-hybridized carbons (Fsp3) is 0.286. The van der Waals surface area contributed by atoms with Crippen molar-refractivity contribution in [2.24, 2.45) is 0 Å². The van der Waals surface area contributed by atoms with Gasteiger partial charge in [-0.05, 0) is 23.1 Å². The summed E-state index contributed by atoms with van der Waals surface area (Å²) in [6, 6.07) is 14.5. The van der Waals surface area contributed by atoms with Crippen molar-refractivity contribution in [1.82, 2.24) is 5.32 Å². The van der Waals surface area contributed by atoms with Crippen LogP contribution in [-0.2, 0) is 16.0 Å². The normalized spacial score (nSPS) is 10.3. The number of Topliss-reactive ketones (excluding diaryl/α,β-unsaturated/α-hetero) is 1. The number of unbranched alkanes of at least 4 members (excludes halogenated alkanes) is 1. The molecular formula is C21H23NO4. The monoisotopic (exact) mass is 353 g/mol. The molecule has 0 fully saturated rings. The number of benzene rings is 2. The topological polar surface area (TPSA) is 83.5 Å². The number of carbonyl (C=O) groups excluding carboxylic acids is 2. The van der Waals surface area contributed by atoms with Crippen LogP contribution < -0.4 is 5.32 Å². The van der Waals surface area contributed by atoms with Crippen molar-refractivity contribution >= 4 is 17.7 Å². The summed E-state index contributed by atoms with van der Waals surface area (Å²) >= 11 is 0. The number of hydrogen-bond acceptors (Lipinski definition) is 3. The SMILES string of the molecule is CCCCC(=O)NCC(=O)c1ccc(-c2ccc(CC(=O)O)cc2)cc1. The number of aliphatic carboxylic acids is 1. The van der Waals surface area contributed by atoms with Crippen LogP contribution in [0.3, 0.4) is 0 Å². The summed E-state index contributed by atoms with van der Waals surface area (Å²) in [6.07, 6.45) is 2.21. The van der Waals surface area contributed by atoms with Gasteiger partial charge in [0.15, 0.2) is 5.78 Å². The maximum absolute atomic E-state index is 12.1. The first-order chi connectivity index (χ1) is 12.5. The van der Waals surface area contributed by atoms with Crippen molar-refractivity contribution in [3.63, 3.8) is 0 Å². The molecule has 0 atom stereocenters. The molecule has 0 aliphatic carbocycles. The van der Waals surface area contributed by atoms with Crippen molar-refractivity contribution in [3.05, 3.63) is 59.7 Å². The number of carboxylic acids is 1. The van der Waals surface area contributed by atoms with E-state index in [-0.39, 0.29) is 24.7 Å². The second kappa shape index (κ2) is 9.51. The number of hydrogen-bond donors (Lipinski definition) is 2. The van der Waals surface area contributed by atoms with E-state index < -0.39 is 5.97 Å². The van der Waals surface area contributed by atoms with Gasteiger partial charge >= 0.3 is 5.97 Å². The molecule has 0 aliphatic rings. The molecule has 0 aromatic heterocycles. The highest BCUT2D eigenvalue weighted by Crippen LogP contribution is 2.20. The number of rotatable bonds is 9. The summed E-state index contributed by atoms with van der Waals surface area (Å²) in [4.78, 5) is 34.4. The third-order valence-corrected chi connectivity index (χ3v) is 4.05. The lowest BCUT2D eigenvalue weighted by Crippen LogP contribution is -2.29. The number of carboxylic acid groups (broad SMARTS) is 1. The third kappa shape index (κ3) is 5.84. The van der Waals surface area contributed by atoms with E-state index in [4.69, 9.17) is 5.11 Å². The molecule has 0 heterocycles. The average Bonchev–Trinajstić information content (AvgIpc) is 2.64. The largest absolute Gasteiger partial charge is 0.481 e. The van der Waals surface area contributed by atoms with Gasteiger partial charge in [-0.25, -0.2) is 0 Å². The Labute approximate surface area is 153 Å². The van der Waals surface area contributed by atoms with E-state index in [0.29, 0.717) is 12.0 Å². The molecule has 0 unspecified atom stereocenters. The summed E-state index contributed by atoms with van der Waals surface area (Å²) in [5, 5.41) is 11.4. The first-order valence-electron chi connectivity index (χ1n) is 8.70. The van der Waals surface area contributed by atoms with Crippen LogP contribution in [0.1, 0.15) is 42.1 Å². The van der Waals surface area contributed by atoms with Crippen LogP contribution in [0.2, 0.25) is 0 Å². The van der Waals surface area contributed by atoms with Crippen LogP contribution in [0, 0.1) is 0 Å². The van der Waals surface area contributed by atoms with Gasteiger partial charge in [0, 0.05) is 12.0 Å². The third-order valence-electron chi connectivity index (χ3n) is 4.05. The van der Waals surface area contributed by atoms with Gasteiger partial charge in [-0.3, -0.25) is 14.4 Å². The average molecular weight is 353 g/mol. The van der Waals surface area contributed by atoms with Crippen molar-refractivity contribution in [2.45, 2.75) is 32.6 Å². The standard InChI is InChI=1S/C21H23NO4/c1-2-3-4-20(24)22-14-19(23)18-11-9-17(10-12-18)16-7-5-15(6-8-16)13-21(25)26/h5-12H,2-4,13-14H2,1H3,(H,22,24)(H,25,26). The van der Waals surface area contributed by atoms with Gasteiger partial charge in [0.2, 0.25) is 5.91 Å². The first kappa shape index (κ1) is 19.4. The van der Waals surface area contributed by atoms with Gasteiger partial charge in [-0.2, -0.15) is 0 Å². The van der Waals surface area contributed by atoms with Gasteiger partial charge in [-0.15, -0.1) is 0 Å². The molecule has 0 bridgehead atoms. The van der Waals surface area contributed by atoms with Gasteiger partial charge in [0.1, 0.15) is 0 Å². The minimum absolute atomic E-state index is 0.00229. The molecule has 0 saturated carbocycles. The Morgan fingerprint density at radius 2 is 1.50 bits per heavy atom. The molecule has 26 heavy (non-hydrogen) atoms. The molecule has 5 heteroatoms. The number of nitrogens with one attached hydrogen (secondary N) is 1. The molecule has 0 saturated heterocycles. The lowest BCUT2D eigenvalue weighted by molar-refractivity contribution is -0.136. The molecule has 1 amide bonds. The summed E-state index contributed by atoms with van der Waals surface area (Å²) in [7, 11) is 0. The Hall–Kier alpha value is -2.95. The van der Waals surface area contributed by atoms with E-state index >= 15 is 0 Å².